The number of carbonyl (C=O) groups excluding carboxylic acids is 2. The van der Waals surface area contributed by atoms with E-state index < -0.39 is 12.5 Å². The SMILES string of the molecule is NCCCCC(N)OC(=O)CCCCCCCCCCC(=O)OC(N)CCCCN. The lowest BCUT2D eigenvalue weighted by Gasteiger charge is -2.13. The molecular weight excluding hydrogens is 384 g/mol. The molecule has 0 aromatic rings. The van der Waals surface area contributed by atoms with Gasteiger partial charge in [0.05, 0.1) is 0 Å². The van der Waals surface area contributed by atoms with Gasteiger partial charge in [0.2, 0.25) is 0 Å². The van der Waals surface area contributed by atoms with Crippen molar-refractivity contribution in [3.05, 3.63) is 0 Å². The molecule has 0 aliphatic rings. The van der Waals surface area contributed by atoms with Crippen LogP contribution < -0.4 is 22.9 Å². The van der Waals surface area contributed by atoms with Crippen molar-refractivity contribution < 1.29 is 19.1 Å². The molecule has 0 amide bonds. The van der Waals surface area contributed by atoms with E-state index in [1.54, 1.807) is 0 Å². The monoisotopic (exact) mass is 430 g/mol. The molecule has 0 radical (unpaired) electrons. The van der Waals surface area contributed by atoms with Gasteiger partial charge in [0.25, 0.3) is 0 Å². The second kappa shape index (κ2) is 21.0. The standard InChI is InChI=1S/C22H46N4O4/c23-17-11-9-13-19(25)29-21(27)15-7-5-3-1-2-4-6-8-16-22(28)30-20(26)14-10-12-18-24/h19-20H,1-18,23-26H2. The molecule has 8 nitrogen and oxygen atoms in total. The largest absolute Gasteiger partial charge is 0.447 e. The molecule has 2 atom stereocenters. The van der Waals surface area contributed by atoms with Crippen molar-refractivity contribution in [2.24, 2.45) is 22.9 Å². The minimum absolute atomic E-state index is 0.207. The first-order valence-corrected chi connectivity index (χ1v) is 11.8. The summed E-state index contributed by atoms with van der Waals surface area (Å²) in [7, 11) is 0. The van der Waals surface area contributed by atoms with Crippen LogP contribution in [0.25, 0.3) is 0 Å². The molecule has 0 saturated heterocycles. The fourth-order valence-corrected chi connectivity index (χ4v) is 3.15. The van der Waals surface area contributed by atoms with Gasteiger partial charge in [-0.3, -0.25) is 21.1 Å². The smallest absolute Gasteiger partial charge is 0.307 e. The highest BCUT2D eigenvalue weighted by atomic mass is 16.6. The maximum atomic E-state index is 11.7. The molecule has 0 aromatic carbocycles. The fourth-order valence-electron chi connectivity index (χ4n) is 3.15. The van der Waals surface area contributed by atoms with E-state index in [1.807, 2.05) is 0 Å². The molecule has 178 valence electrons. The van der Waals surface area contributed by atoms with Crippen LogP contribution in [0.15, 0.2) is 0 Å². The Morgan fingerprint density at radius 1 is 0.533 bits per heavy atom. The number of carbonyl (C=O) groups is 2. The van der Waals surface area contributed by atoms with Crippen LogP contribution in [-0.4, -0.2) is 37.5 Å². The first kappa shape index (κ1) is 28.8. The molecule has 8 heteroatoms. The predicted octanol–water partition coefficient (Wildman–Crippen LogP) is 2.80. The summed E-state index contributed by atoms with van der Waals surface area (Å²) in [6, 6.07) is 0. The highest BCUT2D eigenvalue weighted by molar-refractivity contribution is 5.69. The number of ether oxygens (including phenoxy) is 2. The van der Waals surface area contributed by atoms with Crippen molar-refractivity contribution in [2.75, 3.05) is 13.1 Å². The van der Waals surface area contributed by atoms with Gasteiger partial charge in [-0.05, 0) is 64.5 Å². The van der Waals surface area contributed by atoms with E-state index in [0.29, 0.717) is 38.8 Å². The van der Waals surface area contributed by atoms with E-state index >= 15 is 0 Å². The van der Waals surface area contributed by atoms with Crippen LogP contribution in [0.1, 0.15) is 103 Å². The van der Waals surface area contributed by atoms with E-state index in [4.69, 9.17) is 32.4 Å². The lowest BCUT2D eigenvalue weighted by molar-refractivity contribution is -0.150. The zero-order valence-corrected chi connectivity index (χ0v) is 18.8. The summed E-state index contributed by atoms with van der Waals surface area (Å²) < 4.78 is 10.4. The molecule has 0 aliphatic heterocycles. The Labute approximate surface area is 182 Å². The molecule has 0 aliphatic carbocycles. The Morgan fingerprint density at radius 3 is 1.20 bits per heavy atom. The number of hydrogen-bond donors (Lipinski definition) is 4. The van der Waals surface area contributed by atoms with Gasteiger partial charge in [0, 0.05) is 12.8 Å². The summed E-state index contributed by atoms with van der Waals surface area (Å²) in [5, 5.41) is 0. The minimum Gasteiger partial charge on any atom is -0.447 e. The maximum Gasteiger partial charge on any atom is 0.307 e. The summed E-state index contributed by atoms with van der Waals surface area (Å²) in [4.78, 5) is 23.4. The Bertz CT molecular complexity index is 386. The van der Waals surface area contributed by atoms with Gasteiger partial charge >= 0.3 is 11.9 Å². The van der Waals surface area contributed by atoms with Crippen molar-refractivity contribution in [1.29, 1.82) is 0 Å². The van der Waals surface area contributed by atoms with Crippen LogP contribution in [0.3, 0.4) is 0 Å². The Balaban J connectivity index is 3.41. The number of unbranched alkanes of at least 4 members (excludes halogenated alkanes) is 9. The third-order valence-electron chi connectivity index (χ3n) is 4.96. The number of nitrogens with two attached hydrogens (primary N) is 4. The molecule has 0 fully saturated rings. The van der Waals surface area contributed by atoms with E-state index in [1.165, 1.54) is 0 Å². The fraction of sp³-hybridized carbons (Fsp3) is 0.909. The molecule has 0 saturated carbocycles. The summed E-state index contributed by atoms with van der Waals surface area (Å²) >= 11 is 0. The van der Waals surface area contributed by atoms with Crippen molar-refractivity contribution in [3.8, 4) is 0 Å². The van der Waals surface area contributed by atoms with Crippen LogP contribution in [0.4, 0.5) is 0 Å². The number of rotatable bonds is 21. The van der Waals surface area contributed by atoms with Crippen LogP contribution in [0.2, 0.25) is 0 Å². The maximum absolute atomic E-state index is 11.7. The van der Waals surface area contributed by atoms with Gasteiger partial charge in [0.15, 0.2) is 12.5 Å². The quantitative estimate of drug-likeness (QED) is 0.123. The number of hydrogen-bond acceptors (Lipinski definition) is 8. The van der Waals surface area contributed by atoms with Crippen LogP contribution in [0, 0.1) is 0 Å². The van der Waals surface area contributed by atoms with Crippen molar-refractivity contribution in [2.45, 2.75) is 115 Å². The van der Waals surface area contributed by atoms with E-state index in [-0.39, 0.29) is 11.9 Å². The van der Waals surface area contributed by atoms with E-state index in [0.717, 1.165) is 77.0 Å². The zero-order valence-electron chi connectivity index (χ0n) is 18.8. The van der Waals surface area contributed by atoms with Gasteiger partial charge in [-0.15, -0.1) is 0 Å². The van der Waals surface area contributed by atoms with Crippen molar-refractivity contribution in [3.63, 3.8) is 0 Å². The van der Waals surface area contributed by atoms with E-state index in [9.17, 15) is 9.59 Å². The Hall–Kier alpha value is -1.22. The first-order valence-electron chi connectivity index (χ1n) is 11.8. The molecule has 8 N–H and O–H groups in total. The molecule has 0 bridgehead atoms. The topological polar surface area (TPSA) is 157 Å². The molecule has 30 heavy (non-hydrogen) atoms. The van der Waals surface area contributed by atoms with Crippen molar-refractivity contribution >= 4 is 11.9 Å². The van der Waals surface area contributed by atoms with Crippen molar-refractivity contribution in [1.82, 2.24) is 0 Å². The summed E-state index contributed by atoms with van der Waals surface area (Å²) in [5.41, 5.74) is 22.4. The van der Waals surface area contributed by atoms with Crippen LogP contribution in [-0.2, 0) is 19.1 Å². The van der Waals surface area contributed by atoms with Gasteiger partial charge < -0.3 is 20.9 Å². The van der Waals surface area contributed by atoms with Gasteiger partial charge in [-0.1, -0.05) is 38.5 Å². The second-order valence-corrected chi connectivity index (χ2v) is 7.95. The first-order chi connectivity index (χ1) is 14.5. The van der Waals surface area contributed by atoms with Gasteiger partial charge in [-0.2, -0.15) is 0 Å². The summed E-state index contributed by atoms with van der Waals surface area (Å²) in [6.07, 6.45) is 13.0. The average molecular weight is 431 g/mol. The normalized spacial score (nSPS) is 13.1. The molecule has 0 spiro atoms. The van der Waals surface area contributed by atoms with Gasteiger partial charge in [-0.25, -0.2) is 0 Å². The minimum atomic E-state index is -0.506. The Kier molecular flexibility index (Phi) is 20.2. The lowest BCUT2D eigenvalue weighted by atomic mass is 10.1. The predicted molar refractivity (Wildman–Crippen MR) is 120 cm³/mol. The molecular formula is C22H46N4O4. The van der Waals surface area contributed by atoms with Crippen LogP contribution >= 0.6 is 0 Å². The number of esters is 2. The van der Waals surface area contributed by atoms with Crippen LogP contribution in [0.5, 0.6) is 0 Å². The average Bonchev–Trinajstić information content (AvgIpc) is 2.69. The molecule has 0 rings (SSSR count). The third-order valence-corrected chi connectivity index (χ3v) is 4.96. The zero-order chi connectivity index (χ0) is 22.5. The second-order valence-electron chi connectivity index (χ2n) is 7.95. The highest BCUT2D eigenvalue weighted by Gasteiger charge is 2.10. The van der Waals surface area contributed by atoms with Gasteiger partial charge in [0.1, 0.15) is 0 Å². The Morgan fingerprint density at radius 2 is 0.867 bits per heavy atom. The third kappa shape index (κ3) is 20.1. The molecule has 2 unspecified atom stereocenters. The molecule has 0 aromatic heterocycles. The summed E-state index contributed by atoms with van der Waals surface area (Å²) in [6.45, 7) is 1.27. The van der Waals surface area contributed by atoms with E-state index in [2.05, 4.69) is 0 Å². The molecule has 0 heterocycles. The lowest BCUT2D eigenvalue weighted by Crippen LogP contribution is -2.27. The summed E-state index contributed by atoms with van der Waals surface area (Å²) in [5.74, 6) is -0.414. The highest BCUT2D eigenvalue weighted by Crippen LogP contribution is 2.12.